The van der Waals surface area contributed by atoms with Gasteiger partial charge in [-0.05, 0) is 45.5 Å². The van der Waals surface area contributed by atoms with E-state index in [0.717, 1.165) is 44.6 Å². The molecule has 2 heterocycles. The zero-order chi connectivity index (χ0) is 29.8. The SMILES string of the molecule is Cn1cc(-c2ccc(C[C@H](NC(=O)OCC3c4ccccc4-c4ccccc43)C(=O)O)cc2)c(COc2cccnc2)n1. The number of carboxylic acid groups (broad SMARTS) is 1. The summed E-state index contributed by atoms with van der Waals surface area (Å²) in [5, 5.41) is 16.9. The zero-order valence-electron chi connectivity index (χ0n) is 23.5. The van der Waals surface area contributed by atoms with Crippen LogP contribution in [0.4, 0.5) is 4.79 Å². The van der Waals surface area contributed by atoms with Crippen LogP contribution in [0.15, 0.2) is 104 Å². The van der Waals surface area contributed by atoms with E-state index >= 15 is 0 Å². The van der Waals surface area contributed by atoms with Gasteiger partial charge in [0.1, 0.15) is 30.7 Å². The summed E-state index contributed by atoms with van der Waals surface area (Å²) in [5.41, 5.74) is 7.77. The van der Waals surface area contributed by atoms with E-state index in [-0.39, 0.29) is 25.6 Å². The maximum Gasteiger partial charge on any atom is 0.407 e. The number of amides is 1. The van der Waals surface area contributed by atoms with Gasteiger partial charge in [0.15, 0.2) is 0 Å². The minimum Gasteiger partial charge on any atom is -0.486 e. The maximum absolute atomic E-state index is 12.8. The molecule has 9 heteroatoms. The standard InChI is InChI=1S/C34H30N4O5/c1-38-19-29(32(37-38)21-42-24-7-6-16-35-18-24)23-14-12-22(13-15-23)17-31(33(39)40)36-34(41)43-20-30-27-10-4-2-8-25(27)26-9-3-5-11-28(26)30/h2-16,18-19,30-31H,17,20-21H2,1H3,(H,36,41)(H,39,40)/t31-/m0/s1. The van der Waals surface area contributed by atoms with Crippen molar-refractivity contribution in [2.75, 3.05) is 6.61 Å². The van der Waals surface area contributed by atoms with E-state index in [4.69, 9.17) is 9.47 Å². The number of fused-ring (bicyclic) bond motifs is 3. The molecule has 6 rings (SSSR count). The molecule has 0 saturated carbocycles. The van der Waals surface area contributed by atoms with Gasteiger partial charge in [-0.15, -0.1) is 0 Å². The number of hydrogen-bond acceptors (Lipinski definition) is 6. The molecule has 0 spiro atoms. The highest BCUT2D eigenvalue weighted by Crippen LogP contribution is 2.44. The Morgan fingerprint density at radius 1 is 0.930 bits per heavy atom. The summed E-state index contributed by atoms with van der Waals surface area (Å²) in [5.74, 6) is -0.598. The predicted molar refractivity (Wildman–Crippen MR) is 161 cm³/mol. The monoisotopic (exact) mass is 574 g/mol. The Morgan fingerprint density at radius 2 is 1.63 bits per heavy atom. The highest BCUT2D eigenvalue weighted by atomic mass is 16.5. The number of carbonyl (C=O) groups is 2. The number of carbonyl (C=O) groups excluding carboxylic acids is 1. The highest BCUT2D eigenvalue weighted by Gasteiger charge is 2.30. The van der Waals surface area contributed by atoms with Crippen LogP contribution in [0.25, 0.3) is 22.3 Å². The molecule has 5 aromatic rings. The van der Waals surface area contributed by atoms with Crippen molar-refractivity contribution in [3.05, 3.63) is 126 Å². The van der Waals surface area contributed by atoms with E-state index in [9.17, 15) is 14.7 Å². The average molecular weight is 575 g/mol. The highest BCUT2D eigenvalue weighted by molar-refractivity contribution is 5.81. The first-order valence-electron chi connectivity index (χ1n) is 13.9. The third kappa shape index (κ3) is 6.11. The Bertz CT molecular complexity index is 1710. The fourth-order valence-electron chi connectivity index (χ4n) is 5.50. The van der Waals surface area contributed by atoms with Crippen LogP contribution in [0.2, 0.25) is 0 Å². The summed E-state index contributed by atoms with van der Waals surface area (Å²) >= 11 is 0. The van der Waals surface area contributed by atoms with Gasteiger partial charge in [-0.25, -0.2) is 9.59 Å². The molecule has 1 amide bonds. The zero-order valence-corrected chi connectivity index (χ0v) is 23.5. The molecule has 2 N–H and O–H groups in total. The first-order chi connectivity index (χ1) is 21.0. The Hall–Kier alpha value is -5.44. The van der Waals surface area contributed by atoms with Crippen LogP contribution in [0.5, 0.6) is 5.75 Å². The van der Waals surface area contributed by atoms with Gasteiger partial charge >= 0.3 is 12.1 Å². The van der Waals surface area contributed by atoms with Gasteiger partial charge in [0.05, 0.1) is 6.20 Å². The second kappa shape index (κ2) is 12.2. The Balaban J connectivity index is 1.08. The van der Waals surface area contributed by atoms with E-state index in [0.29, 0.717) is 5.75 Å². The quantitative estimate of drug-likeness (QED) is 0.223. The first kappa shape index (κ1) is 27.7. The molecule has 9 nitrogen and oxygen atoms in total. The number of aliphatic carboxylic acids is 1. The summed E-state index contributed by atoms with van der Waals surface area (Å²) in [6.07, 6.45) is 4.58. The van der Waals surface area contributed by atoms with Gasteiger partial charge < -0.3 is 19.9 Å². The second-order valence-corrected chi connectivity index (χ2v) is 10.4. The van der Waals surface area contributed by atoms with Crippen molar-refractivity contribution in [1.82, 2.24) is 20.1 Å². The van der Waals surface area contributed by atoms with Gasteiger partial charge in [-0.2, -0.15) is 5.10 Å². The lowest BCUT2D eigenvalue weighted by Gasteiger charge is -2.17. The lowest BCUT2D eigenvalue weighted by atomic mass is 9.98. The molecule has 0 bridgehead atoms. The van der Waals surface area contributed by atoms with Gasteiger partial charge in [0, 0.05) is 37.3 Å². The van der Waals surface area contributed by atoms with Crippen LogP contribution in [0.1, 0.15) is 28.3 Å². The number of aryl methyl sites for hydroxylation is 1. The second-order valence-electron chi connectivity index (χ2n) is 10.4. The van der Waals surface area contributed by atoms with E-state index in [1.54, 1.807) is 23.1 Å². The molecular weight excluding hydrogens is 544 g/mol. The van der Waals surface area contributed by atoms with Gasteiger partial charge in [-0.1, -0.05) is 72.8 Å². The topological polar surface area (TPSA) is 116 Å². The maximum atomic E-state index is 12.8. The number of benzene rings is 3. The lowest BCUT2D eigenvalue weighted by Crippen LogP contribution is -2.42. The van der Waals surface area contributed by atoms with E-state index in [1.807, 2.05) is 80.0 Å². The number of nitrogens with one attached hydrogen (secondary N) is 1. The number of hydrogen-bond donors (Lipinski definition) is 2. The molecule has 0 unspecified atom stereocenters. The third-order valence-electron chi connectivity index (χ3n) is 7.55. The summed E-state index contributed by atoms with van der Waals surface area (Å²) in [7, 11) is 1.85. The number of pyridine rings is 1. The van der Waals surface area contributed by atoms with Crippen molar-refractivity contribution in [3.8, 4) is 28.0 Å². The number of nitrogens with zero attached hydrogens (tertiary/aromatic N) is 3. The summed E-state index contributed by atoms with van der Waals surface area (Å²) < 4.78 is 13.1. The average Bonchev–Trinajstić information content (AvgIpc) is 3.56. The molecule has 2 aromatic heterocycles. The summed E-state index contributed by atoms with van der Waals surface area (Å²) in [6, 6.07) is 26.1. The van der Waals surface area contributed by atoms with Crippen molar-refractivity contribution in [2.24, 2.45) is 7.05 Å². The summed E-state index contributed by atoms with van der Waals surface area (Å²) in [6.45, 7) is 0.383. The molecule has 0 radical (unpaired) electrons. The normalized spacial score (nSPS) is 12.7. The van der Waals surface area contributed by atoms with Crippen molar-refractivity contribution >= 4 is 12.1 Å². The van der Waals surface area contributed by atoms with Crippen molar-refractivity contribution in [1.29, 1.82) is 0 Å². The fourth-order valence-corrected chi connectivity index (χ4v) is 5.50. The van der Waals surface area contributed by atoms with Gasteiger partial charge in [0.2, 0.25) is 0 Å². The number of aromatic nitrogens is 3. The van der Waals surface area contributed by atoms with Crippen molar-refractivity contribution < 1.29 is 24.2 Å². The smallest absolute Gasteiger partial charge is 0.407 e. The van der Waals surface area contributed by atoms with Crippen LogP contribution in [0.3, 0.4) is 0 Å². The van der Waals surface area contributed by atoms with Crippen LogP contribution in [0, 0.1) is 0 Å². The Morgan fingerprint density at radius 3 is 2.28 bits per heavy atom. The van der Waals surface area contributed by atoms with Crippen LogP contribution >= 0.6 is 0 Å². The largest absolute Gasteiger partial charge is 0.486 e. The lowest BCUT2D eigenvalue weighted by molar-refractivity contribution is -0.139. The molecule has 0 saturated heterocycles. The third-order valence-corrected chi connectivity index (χ3v) is 7.55. The number of alkyl carbamates (subject to hydrolysis) is 1. The molecule has 1 aliphatic carbocycles. The molecular formula is C34H30N4O5. The minimum atomic E-state index is -1.15. The molecule has 43 heavy (non-hydrogen) atoms. The van der Waals surface area contributed by atoms with Gasteiger partial charge in [-0.3, -0.25) is 9.67 Å². The molecule has 0 aliphatic heterocycles. The predicted octanol–water partition coefficient (Wildman–Crippen LogP) is 5.60. The minimum absolute atomic E-state index is 0.101. The van der Waals surface area contributed by atoms with Crippen LogP contribution < -0.4 is 10.1 Å². The molecule has 1 aliphatic rings. The van der Waals surface area contributed by atoms with E-state index in [2.05, 4.69) is 27.5 Å². The molecule has 0 fully saturated rings. The number of rotatable bonds is 10. The molecule has 216 valence electrons. The van der Waals surface area contributed by atoms with Crippen LogP contribution in [-0.4, -0.2) is 44.6 Å². The molecule has 1 atom stereocenters. The first-order valence-corrected chi connectivity index (χ1v) is 13.9. The number of ether oxygens (including phenoxy) is 2. The Labute approximate surface area is 248 Å². The number of carboxylic acids is 1. The van der Waals surface area contributed by atoms with Crippen LogP contribution in [-0.2, 0) is 29.6 Å². The van der Waals surface area contributed by atoms with Crippen molar-refractivity contribution in [3.63, 3.8) is 0 Å². The Kier molecular flexibility index (Phi) is 7.86. The van der Waals surface area contributed by atoms with E-state index < -0.39 is 18.1 Å². The summed E-state index contributed by atoms with van der Waals surface area (Å²) in [4.78, 5) is 28.9. The molecule has 3 aromatic carbocycles. The fraction of sp³-hybridized carbons (Fsp3) is 0.176. The van der Waals surface area contributed by atoms with Crippen molar-refractivity contribution in [2.45, 2.75) is 25.0 Å². The van der Waals surface area contributed by atoms with Gasteiger partial charge in [0.25, 0.3) is 0 Å². The van der Waals surface area contributed by atoms with E-state index in [1.165, 1.54) is 0 Å².